The third kappa shape index (κ3) is 2.64. The van der Waals surface area contributed by atoms with Crippen LogP contribution in [0, 0.1) is 0 Å². The first kappa shape index (κ1) is 9.22. The first-order valence-corrected chi connectivity index (χ1v) is 4.57. The van der Waals surface area contributed by atoms with E-state index in [9.17, 15) is 4.79 Å². The zero-order valence-corrected chi connectivity index (χ0v) is 7.50. The Morgan fingerprint density at radius 3 is 3.00 bits per heavy atom. The van der Waals surface area contributed by atoms with Gasteiger partial charge in [-0.05, 0) is 24.2 Å². The zero-order chi connectivity index (χ0) is 8.81. The smallest absolute Gasteiger partial charge is 0.151 e. The molecular weight excluding hydrogens is 174 g/mol. The Balaban J connectivity index is 2.58. The number of carbonyl (C=O) groups is 1. The largest absolute Gasteiger partial charge is 0.309 e. The molecule has 12 heavy (non-hydrogen) atoms. The summed E-state index contributed by atoms with van der Waals surface area (Å²) in [6.45, 7) is 0.473. The van der Waals surface area contributed by atoms with Gasteiger partial charge in [-0.3, -0.25) is 9.78 Å². The van der Waals surface area contributed by atoms with E-state index in [-0.39, 0.29) is 0 Å². The number of hydrogen-bond donors (Lipinski definition) is 0. The SMILES string of the molecule is CSOCc1ccc(C=O)cn1. The Bertz CT molecular complexity index is 248. The van der Waals surface area contributed by atoms with Gasteiger partial charge in [0.15, 0.2) is 6.29 Å². The van der Waals surface area contributed by atoms with Crippen LogP contribution in [0.25, 0.3) is 0 Å². The van der Waals surface area contributed by atoms with E-state index in [1.54, 1.807) is 12.1 Å². The highest BCUT2D eigenvalue weighted by Gasteiger charge is 1.94. The Labute approximate surface area is 75.4 Å². The van der Waals surface area contributed by atoms with Crippen LogP contribution in [-0.4, -0.2) is 17.5 Å². The van der Waals surface area contributed by atoms with Gasteiger partial charge >= 0.3 is 0 Å². The van der Waals surface area contributed by atoms with Crippen molar-refractivity contribution in [2.75, 3.05) is 6.26 Å². The number of aldehydes is 1. The molecule has 1 aromatic heterocycles. The fraction of sp³-hybridized carbons (Fsp3) is 0.250. The van der Waals surface area contributed by atoms with E-state index in [1.165, 1.54) is 18.2 Å². The molecule has 0 spiro atoms. The summed E-state index contributed by atoms with van der Waals surface area (Å²) in [6.07, 6.45) is 4.15. The Kier molecular flexibility index (Phi) is 3.76. The van der Waals surface area contributed by atoms with E-state index >= 15 is 0 Å². The number of hydrogen-bond acceptors (Lipinski definition) is 4. The molecule has 0 saturated heterocycles. The minimum Gasteiger partial charge on any atom is -0.309 e. The first-order valence-electron chi connectivity index (χ1n) is 3.42. The average molecular weight is 183 g/mol. The van der Waals surface area contributed by atoms with Crippen LogP contribution in [-0.2, 0) is 10.8 Å². The minimum absolute atomic E-state index is 0.473. The second-order valence-corrected chi connectivity index (χ2v) is 2.70. The number of nitrogens with zero attached hydrogens (tertiary/aromatic N) is 1. The molecule has 1 aromatic rings. The van der Waals surface area contributed by atoms with Crippen molar-refractivity contribution in [1.29, 1.82) is 0 Å². The maximum absolute atomic E-state index is 10.3. The number of aromatic nitrogens is 1. The molecule has 1 rings (SSSR count). The lowest BCUT2D eigenvalue weighted by atomic mass is 10.3. The van der Waals surface area contributed by atoms with Crippen LogP contribution >= 0.6 is 12.0 Å². The third-order valence-corrected chi connectivity index (χ3v) is 1.66. The zero-order valence-electron chi connectivity index (χ0n) is 6.69. The van der Waals surface area contributed by atoms with Crippen molar-refractivity contribution in [2.24, 2.45) is 0 Å². The van der Waals surface area contributed by atoms with Gasteiger partial charge in [0.05, 0.1) is 5.69 Å². The molecule has 0 aliphatic carbocycles. The molecule has 0 aliphatic rings. The molecule has 0 N–H and O–H groups in total. The van der Waals surface area contributed by atoms with Gasteiger partial charge < -0.3 is 4.18 Å². The van der Waals surface area contributed by atoms with Crippen molar-refractivity contribution in [3.63, 3.8) is 0 Å². The van der Waals surface area contributed by atoms with Gasteiger partial charge in [-0.15, -0.1) is 0 Å². The van der Waals surface area contributed by atoms with E-state index in [0.29, 0.717) is 12.2 Å². The third-order valence-electron chi connectivity index (χ3n) is 1.31. The summed E-state index contributed by atoms with van der Waals surface area (Å²) in [6, 6.07) is 3.50. The van der Waals surface area contributed by atoms with Crippen molar-refractivity contribution in [1.82, 2.24) is 4.98 Å². The monoisotopic (exact) mass is 183 g/mol. The van der Waals surface area contributed by atoms with Crippen molar-refractivity contribution in [2.45, 2.75) is 6.61 Å². The van der Waals surface area contributed by atoms with E-state index in [4.69, 9.17) is 4.18 Å². The van der Waals surface area contributed by atoms with Crippen LogP contribution in [0.3, 0.4) is 0 Å². The maximum atomic E-state index is 10.3. The lowest BCUT2D eigenvalue weighted by Crippen LogP contribution is -1.91. The van der Waals surface area contributed by atoms with Crippen LogP contribution in [0.15, 0.2) is 18.3 Å². The summed E-state index contributed by atoms with van der Waals surface area (Å²) in [5.74, 6) is 0. The topological polar surface area (TPSA) is 39.2 Å². The van der Waals surface area contributed by atoms with Crippen molar-refractivity contribution >= 4 is 18.3 Å². The fourth-order valence-corrected chi connectivity index (χ4v) is 0.949. The predicted molar refractivity (Wildman–Crippen MR) is 47.9 cm³/mol. The lowest BCUT2D eigenvalue weighted by molar-refractivity contribution is 0.112. The Hall–Kier alpha value is -0.870. The molecule has 0 radical (unpaired) electrons. The fourth-order valence-electron chi connectivity index (χ4n) is 0.710. The van der Waals surface area contributed by atoms with E-state index in [1.807, 2.05) is 6.26 Å². The number of carbonyl (C=O) groups excluding carboxylic acids is 1. The highest BCUT2D eigenvalue weighted by atomic mass is 32.2. The molecule has 0 unspecified atom stereocenters. The Morgan fingerprint density at radius 1 is 1.67 bits per heavy atom. The number of pyridine rings is 1. The van der Waals surface area contributed by atoms with Crippen molar-refractivity contribution < 1.29 is 8.98 Å². The summed E-state index contributed by atoms with van der Waals surface area (Å²) in [5.41, 5.74) is 1.41. The average Bonchev–Trinajstić information content (AvgIpc) is 2.15. The lowest BCUT2D eigenvalue weighted by Gasteiger charge is -1.98. The summed E-state index contributed by atoms with van der Waals surface area (Å²) in [5, 5.41) is 0. The van der Waals surface area contributed by atoms with E-state index in [2.05, 4.69) is 4.98 Å². The molecule has 0 atom stereocenters. The second-order valence-electron chi connectivity index (χ2n) is 2.13. The van der Waals surface area contributed by atoms with E-state index < -0.39 is 0 Å². The summed E-state index contributed by atoms with van der Waals surface area (Å²) in [4.78, 5) is 14.3. The maximum Gasteiger partial charge on any atom is 0.151 e. The molecule has 0 saturated carbocycles. The molecule has 1 heterocycles. The van der Waals surface area contributed by atoms with Crippen LogP contribution in [0.4, 0.5) is 0 Å². The summed E-state index contributed by atoms with van der Waals surface area (Å²) in [7, 11) is 0. The highest BCUT2D eigenvalue weighted by Crippen LogP contribution is 2.04. The molecule has 0 amide bonds. The summed E-state index contributed by atoms with van der Waals surface area (Å²) >= 11 is 1.30. The number of rotatable bonds is 4. The van der Waals surface area contributed by atoms with Gasteiger partial charge in [0.25, 0.3) is 0 Å². The summed E-state index contributed by atoms with van der Waals surface area (Å²) < 4.78 is 5.06. The van der Waals surface area contributed by atoms with Gasteiger partial charge in [-0.25, -0.2) is 0 Å². The van der Waals surface area contributed by atoms with Crippen LogP contribution < -0.4 is 0 Å². The van der Waals surface area contributed by atoms with Crippen molar-refractivity contribution in [3.05, 3.63) is 29.6 Å². The van der Waals surface area contributed by atoms with Gasteiger partial charge in [-0.1, -0.05) is 0 Å². The van der Waals surface area contributed by atoms with Gasteiger partial charge in [-0.2, -0.15) is 0 Å². The van der Waals surface area contributed by atoms with Gasteiger partial charge in [0, 0.05) is 18.0 Å². The van der Waals surface area contributed by atoms with Gasteiger partial charge in [0.2, 0.25) is 0 Å². The van der Waals surface area contributed by atoms with Crippen LogP contribution in [0.2, 0.25) is 0 Å². The minimum atomic E-state index is 0.473. The molecule has 3 nitrogen and oxygen atoms in total. The molecule has 0 fully saturated rings. The van der Waals surface area contributed by atoms with Crippen LogP contribution in [0.5, 0.6) is 0 Å². The Morgan fingerprint density at radius 2 is 2.50 bits per heavy atom. The molecule has 0 aliphatic heterocycles. The standard InChI is InChI=1S/C8H9NO2S/c1-12-11-6-8-3-2-7(5-10)4-9-8/h2-5H,6H2,1H3. The second kappa shape index (κ2) is 4.90. The predicted octanol–water partition coefficient (Wildman–Crippen LogP) is 1.69. The normalized spacial score (nSPS) is 9.75. The first-order chi connectivity index (χ1) is 5.86. The quantitative estimate of drug-likeness (QED) is 0.526. The van der Waals surface area contributed by atoms with Gasteiger partial charge in [0.1, 0.15) is 6.61 Å². The molecule has 0 aromatic carbocycles. The molecule has 64 valence electrons. The highest BCUT2D eigenvalue weighted by molar-refractivity contribution is 7.93. The molecular formula is C8H9NO2S. The van der Waals surface area contributed by atoms with Crippen LogP contribution in [0.1, 0.15) is 16.1 Å². The molecule has 4 heteroatoms. The molecule has 0 bridgehead atoms. The van der Waals surface area contributed by atoms with E-state index in [0.717, 1.165) is 12.0 Å². The van der Waals surface area contributed by atoms with Crippen molar-refractivity contribution in [3.8, 4) is 0 Å².